The number of carbonyl (C=O) groups excluding carboxylic acids is 2. The first-order chi connectivity index (χ1) is 14.8. The number of amidine groups is 1. The Morgan fingerprint density at radius 1 is 1.29 bits per heavy atom. The number of thioether (sulfide) groups is 1. The van der Waals surface area contributed by atoms with Gasteiger partial charge in [-0.1, -0.05) is 31.2 Å². The lowest BCUT2D eigenvalue weighted by Gasteiger charge is -2.33. The molecule has 0 aromatic heterocycles. The molecule has 1 aromatic rings. The average Bonchev–Trinajstić information content (AvgIpc) is 2.99. The van der Waals surface area contributed by atoms with Crippen molar-refractivity contribution in [3.63, 3.8) is 0 Å². The minimum atomic E-state index is -0.637. The Labute approximate surface area is 187 Å². The Bertz CT molecular complexity index is 925. The zero-order valence-electron chi connectivity index (χ0n) is 18.9. The van der Waals surface area contributed by atoms with Gasteiger partial charge in [-0.3, -0.25) is 9.69 Å². The molecular formula is C23H30N2O5S. The Morgan fingerprint density at radius 2 is 2.03 bits per heavy atom. The zero-order chi connectivity index (χ0) is 22.7. The van der Waals surface area contributed by atoms with E-state index in [2.05, 4.69) is 11.9 Å². The maximum absolute atomic E-state index is 13.0. The van der Waals surface area contributed by atoms with Crippen LogP contribution in [0.4, 0.5) is 0 Å². The van der Waals surface area contributed by atoms with Crippen LogP contribution < -0.4 is 9.47 Å². The number of ether oxygens (including phenoxy) is 3. The van der Waals surface area contributed by atoms with Crippen LogP contribution in [0.1, 0.15) is 59.1 Å². The predicted octanol–water partition coefficient (Wildman–Crippen LogP) is 4.47. The van der Waals surface area contributed by atoms with Crippen molar-refractivity contribution in [2.24, 2.45) is 4.99 Å². The lowest BCUT2D eigenvalue weighted by atomic mass is 9.94. The second-order valence-corrected chi connectivity index (χ2v) is 9.14. The lowest BCUT2D eigenvalue weighted by Crippen LogP contribution is -2.40. The molecule has 0 spiro atoms. The van der Waals surface area contributed by atoms with Gasteiger partial charge in [0.15, 0.2) is 16.7 Å². The number of hydrogen-bond donors (Lipinski definition) is 0. The number of methoxy groups -OCH3 is 1. The first kappa shape index (κ1) is 23.2. The Morgan fingerprint density at radius 3 is 2.68 bits per heavy atom. The highest BCUT2D eigenvalue weighted by Crippen LogP contribution is 2.44. The summed E-state index contributed by atoms with van der Waals surface area (Å²) in [6, 6.07) is 4.88. The summed E-state index contributed by atoms with van der Waals surface area (Å²) in [7, 11) is 1.58. The molecule has 2 heterocycles. The summed E-state index contributed by atoms with van der Waals surface area (Å²) in [6.07, 6.45) is 1.69. The van der Waals surface area contributed by atoms with Crippen LogP contribution in [0.5, 0.6) is 11.5 Å². The van der Waals surface area contributed by atoms with E-state index >= 15 is 0 Å². The fourth-order valence-corrected chi connectivity index (χ4v) is 4.59. The Hall–Kier alpha value is -2.48. The molecule has 31 heavy (non-hydrogen) atoms. The molecule has 0 radical (unpaired) electrons. The van der Waals surface area contributed by atoms with Crippen molar-refractivity contribution < 1.29 is 23.8 Å². The molecule has 1 aromatic carbocycles. The number of nitrogens with zero attached hydrogens (tertiary/aromatic N) is 2. The van der Waals surface area contributed by atoms with Crippen LogP contribution >= 0.6 is 11.8 Å². The molecule has 2 aliphatic heterocycles. The highest BCUT2D eigenvalue weighted by Gasteiger charge is 2.46. The van der Waals surface area contributed by atoms with E-state index in [9.17, 15) is 9.59 Å². The minimum Gasteiger partial charge on any atom is -0.493 e. The maximum Gasteiger partial charge on any atom is 0.338 e. The van der Waals surface area contributed by atoms with Crippen molar-refractivity contribution in [1.29, 1.82) is 0 Å². The zero-order valence-corrected chi connectivity index (χ0v) is 19.7. The number of hydrogen-bond acceptors (Lipinski definition) is 7. The molecule has 168 valence electrons. The van der Waals surface area contributed by atoms with E-state index in [0.717, 1.165) is 18.4 Å². The predicted molar refractivity (Wildman–Crippen MR) is 121 cm³/mol. The number of amides is 1. The van der Waals surface area contributed by atoms with Crippen LogP contribution in [0.3, 0.4) is 0 Å². The molecule has 1 saturated heterocycles. The summed E-state index contributed by atoms with van der Waals surface area (Å²) in [5.41, 5.74) is 1.66. The quantitative estimate of drug-likeness (QED) is 0.433. The molecule has 2 atom stereocenters. The molecule has 0 aliphatic carbocycles. The molecule has 0 N–H and O–H groups in total. The highest BCUT2D eigenvalue weighted by atomic mass is 32.2. The first-order valence-electron chi connectivity index (χ1n) is 10.6. The standard InChI is InChI=1S/C23H30N2O5S/c1-7-8-11-29-17-10-9-16(12-18(17)28-6)20-19(22(27)30-13(2)3)14(4)24-23-25(20)21(26)15(5)31-23/h9-10,12-13,15,20H,7-8,11H2,1-6H3/t15-,20+/m1/s1. The van der Waals surface area contributed by atoms with Gasteiger partial charge in [-0.2, -0.15) is 0 Å². The van der Waals surface area contributed by atoms with Crippen molar-refractivity contribution in [3.8, 4) is 11.5 Å². The van der Waals surface area contributed by atoms with Crippen molar-refractivity contribution in [1.82, 2.24) is 4.90 Å². The van der Waals surface area contributed by atoms with E-state index in [4.69, 9.17) is 14.2 Å². The van der Waals surface area contributed by atoms with Crippen LogP contribution in [-0.2, 0) is 14.3 Å². The summed E-state index contributed by atoms with van der Waals surface area (Å²) >= 11 is 1.40. The molecule has 0 unspecified atom stereocenters. The second kappa shape index (κ2) is 9.77. The van der Waals surface area contributed by atoms with Crippen LogP contribution in [0, 0.1) is 0 Å². The van der Waals surface area contributed by atoms with Gasteiger partial charge in [-0.15, -0.1) is 0 Å². The van der Waals surface area contributed by atoms with E-state index in [-0.39, 0.29) is 17.3 Å². The molecule has 3 rings (SSSR count). The third-order valence-electron chi connectivity index (χ3n) is 5.08. The molecule has 7 nitrogen and oxygen atoms in total. The first-order valence-corrected chi connectivity index (χ1v) is 11.5. The van der Waals surface area contributed by atoms with E-state index in [0.29, 0.717) is 34.5 Å². The van der Waals surface area contributed by atoms with Gasteiger partial charge in [0.1, 0.15) is 0 Å². The normalized spacial score (nSPS) is 20.7. The Balaban J connectivity index is 2.06. The van der Waals surface area contributed by atoms with Crippen LogP contribution in [-0.4, -0.2) is 47.0 Å². The summed E-state index contributed by atoms with van der Waals surface area (Å²) in [5, 5.41) is 0.330. The van der Waals surface area contributed by atoms with Gasteiger partial charge in [0.25, 0.3) is 0 Å². The third kappa shape index (κ3) is 4.74. The molecule has 1 fully saturated rings. The van der Waals surface area contributed by atoms with Crippen molar-refractivity contribution in [3.05, 3.63) is 35.0 Å². The smallest absolute Gasteiger partial charge is 0.338 e. The number of carbonyl (C=O) groups is 2. The van der Waals surface area contributed by atoms with Crippen molar-refractivity contribution in [2.45, 2.75) is 64.9 Å². The van der Waals surface area contributed by atoms with Crippen LogP contribution in [0.15, 0.2) is 34.5 Å². The van der Waals surface area contributed by atoms with Crippen LogP contribution in [0.2, 0.25) is 0 Å². The minimum absolute atomic E-state index is 0.0849. The number of rotatable bonds is 8. The van der Waals surface area contributed by atoms with Gasteiger partial charge in [0, 0.05) is 0 Å². The summed E-state index contributed by atoms with van der Waals surface area (Å²) in [4.78, 5) is 32.2. The monoisotopic (exact) mass is 446 g/mol. The number of unbranched alkanes of at least 4 members (excludes halogenated alkanes) is 1. The average molecular weight is 447 g/mol. The van der Waals surface area contributed by atoms with Gasteiger partial charge in [-0.25, -0.2) is 9.79 Å². The molecular weight excluding hydrogens is 416 g/mol. The molecule has 0 bridgehead atoms. The van der Waals surface area contributed by atoms with Gasteiger partial charge >= 0.3 is 5.97 Å². The van der Waals surface area contributed by atoms with Gasteiger partial charge in [-0.05, 0) is 51.8 Å². The number of aliphatic imine (C=N–C) groups is 1. The van der Waals surface area contributed by atoms with Crippen LogP contribution in [0.25, 0.3) is 0 Å². The maximum atomic E-state index is 13.0. The second-order valence-electron chi connectivity index (χ2n) is 7.83. The van der Waals surface area contributed by atoms with Crippen molar-refractivity contribution >= 4 is 28.8 Å². The number of fused-ring (bicyclic) bond motifs is 1. The molecule has 0 saturated carbocycles. The van der Waals surface area contributed by atoms with E-state index in [1.54, 1.807) is 32.8 Å². The molecule has 8 heteroatoms. The van der Waals surface area contributed by atoms with E-state index < -0.39 is 12.0 Å². The molecule has 2 aliphatic rings. The topological polar surface area (TPSA) is 77.4 Å². The van der Waals surface area contributed by atoms with E-state index in [1.165, 1.54) is 11.8 Å². The lowest BCUT2D eigenvalue weighted by molar-refractivity contribution is -0.143. The molecule has 1 amide bonds. The number of allylic oxidation sites excluding steroid dienone is 1. The SMILES string of the molecule is CCCCOc1ccc([C@H]2C(C(=O)OC(C)C)=C(C)N=C3S[C@H](C)C(=O)N32)cc1OC. The van der Waals surface area contributed by atoms with Gasteiger partial charge in [0.05, 0.1) is 42.4 Å². The fraction of sp³-hybridized carbons (Fsp3) is 0.522. The van der Waals surface area contributed by atoms with Gasteiger partial charge in [0.2, 0.25) is 5.91 Å². The Kier molecular flexibility index (Phi) is 7.30. The van der Waals surface area contributed by atoms with Crippen molar-refractivity contribution in [2.75, 3.05) is 13.7 Å². The summed E-state index contributed by atoms with van der Waals surface area (Å²) in [6.45, 7) is 9.91. The largest absolute Gasteiger partial charge is 0.493 e. The number of esters is 1. The van der Waals surface area contributed by atoms with Gasteiger partial charge < -0.3 is 14.2 Å². The summed E-state index contributed by atoms with van der Waals surface area (Å²) in [5.74, 6) is 0.629. The summed E-state index contributed by atoms with van der Waals surface area (Å²) < 4.78 is 16.9. The number of benzene rings is 1. The highest BCUT2D eigenvalue weighted by molar-refractivity contribution is 8.15. The third-order valence-corrected chi connectivity index (χ3v) is 6.13. The fourth-order valence-electron chi connectivity index (χ4n) is 3.56. The van der Waals surface area contributed by atoms with E-state index in [1.807, 2.05) is 25.1 Å².